The van der Waals surface area contributed by atoms with Crippen LogP contribution in [-0.2, 0) is 26.2 Å². The molecule has 0 aliphatic rings. The number of amides is 2. The van der Waals surface area contributed by atoms with Crippen LogP contribution in [0, 0.1) is 0 Å². The summed E-state index contributed by atoms with van der Waals surface area (Å²) in [5.74, 6) is -0.527. The highest BCUT2D eigenvalue weighted by molar-refractivity contribution is 7.92. The van der Waals surface area contributed by atoms with Crippen LogP contribution in [0.4, 0.5) is 5.69 Å². The zero-order chi connectivity index (χ0) is 28.7. The molecule has 0 fully saturated rings. The molecule has 39 heavy (non-hydrogen) atoms. The number of likely N-dealkylation sites (N-methyl/N-ethyl adjacent to an activating group) is 1. The lowest BCUT2D eigenvalue weighted by Gasteiger charge is -2.33. The number of anilines is 1. The van der Waals surface area contributed by atoms with E-state index in [1.165, 1.54) is 73.7 Å². The molecule has 1 N–H and O–H groups in total. The van der Waals surface area contributed by atoms with Gasteiger partial charge in [0.05, 0.1) is 17.7 Å². The minimum absolute atomic E-state index is 0.0438. The molecule has 3 aromatic rings. The topological polar surface area (TPSA) is 96.0 Å². The van der Waals surface area contributed by atoms with Crippen LogP contribution >= 0.6 is 34.8 Å². The van der Waals surface area contributed by atoms with Crippen LogP contribution in [0.3, 0.4) is 0 Å². The quantitative estimate of drug-likeness (QED) is 0.313. The summed E-state index contributed by atoms with van der Waals surface area (Å²) < 4.78 is 33.8. The summed E-state index contributed by atoms with van der Waals surface area (Å²) in [6.45, 7) is 1.13. The van der Waals surface area contributed by atoms with Gasteiger partial charge < -0.3 is 15.0 Å². The van der Waals surface area contributed by atoms with Gasteiger partial charge in [-0.25, -0.2) is 8.42 Å². The summed E-state index contributed by atoms with van der Waals surface area (Å²) in [4.78, 5) is 27.9. The average Bonchev–Trinajstić information content (AvgIpc) is 2.93. The average molecular weight is 613 g/mol. The number of rotatable bonds is 11. The SMILES string of the molecule is CC[C@@H](C(=O)NC)N(Cc1ccc(Cl)cc1Cl)C(=O)CN(c1ccc(Cl)cc1)S(=O)(=O)c1ccc(OC)cc1. The minimum atomic E-state index is -4.22. The second kappa shape index (κ2) is 13.4. The van der Waals surface area contributed by atoms with Crippen molar-refractivity contribution in [2.45, 2.75) is 30.8 Å². The molecule has 0 unspecified atom stereocenters. The summed E-state index contributed by atoms with van der Waals surface area (Å²) in [5, 5.41) is 3.70. The summed E-state index contributed by atoms with van der Waals surface area (Å²) >= 11 is 18.5. The fourth-order valence-corrected chi connectivity index (χ4v) is 5.94. The molecule has 0 aliphatic carbocycles. The summed E-state index contributed by atoms with van der Waals surface area (Å²) in [6, 6.07) is 15.8. The normalized spacial score (nSPS) is 11.9. The van der Waals surface area contributed by atoms with Crippen molar-refractivity contribution >= 4 is 62.3 Å². The van der Waals surface area contributed by atoms with Crippen molar-refractivity contribution in [2.24, 2.45) is 0 Å². The highest BCUT2D eigenvalue weighted by Crippen LogP contribution is 2.28. The summed E-state index contributed by atoms with van der Waals surface area (Å²) in [5.41, 5.74) is 0.772. The molecule has 12 heteroatoms. The Morgan fingerprint density at radius 1 is 0.949 bits per heavy atom. The first kappa shape index (κ1) is 30.6. The molecule has 0 saturated heterocycles. The Labute approximate surface area is 243 Å². The first-order valence-electron chi connectivity index (χ1n) is 11.9. The van der Waals surface area contributed by atoms with Gasteiger partial charge in [-0.1, -0.05) is 47.8 Å². The number of carbonyl (C=O) groups excluding carboxylic acids is 2. The van der Waals surface area contributed by atoms with Gasteiger partial charge in [0, 0.05) is 28.7 Å². The lowest BCUT2D eigenvalue weighted by molar-refractivity contribution is -0.140. The fraction of sp³-hybridized carbons (Fsp3) is 0.259. The van der Waals surface area contributed by atoms with Gasteiger partial charge in [0.25, 0.3) is 10.0 Å². The van der Waals surface area contributed by atoms with Crippen molar-refractivity contribution in [2.75, 3.05) is 25.0 Å². The molecule has 0 radical (unpaired) electrons. The van der Waals surface area contributed by atoms with E-state index in [2.05, 4.69) is 5.32 Å². The van der Waals surface area contributed by atoms with E-state index in [4.69, 9.17) is 39.5 Å². The van der Waals surface area contributed by atoms with E-state index >= 15 is 0 Å². The third-order valence-electron chi connectivity index (χ3n) is 6.03. The highest BCUT2D eigenvalue weighted by Gasteiger charge is 2.33. The lowest BCUT2D eigenvalue weighted by Crippen LogP contribution is -2.51. The zero-order valence-electron chi connectivity index (χ0n) is 21.5. The molecule has 2 amide bonds. The number of methoxy groups -OCH3 is 1. The molecular weight excluding hydrogens is 585 g/mol. The van der Waals surface area contributed by atoms with E-state index in [-0.39, 0.29) is 23.5 Å². The second-order valence-electron chi connectivity index (χ2n) is 8.46. The Balaban J connectivity index is 2.07. The number of halogens is 3. The van der Waals surface area contributed by atoms with Crippen LogP contribution in [0.1, 0.15) is 18.9 Å². The van der Waals surface area contributed by atoms with E-state index < -0.39 is 34.4 Å². The second-order valence-corrected chi connectivity index (χ2v) is 11.6. The molecule has 0 saturated carbocycles. The first-order chi connectivity index (χ1) is 18.5. The van der Waals surface area contributed by atoms with E-state index in [0.29, 0.717) is 26.4 Å². The van der Waals surface area contributed by atoms with Gasteiger partial charge in [0.2, 0.25) is 11.8 Å². The van der Waals surface area contributed by atoms with Crippen molar-refractivity contribution in [3.63, 3.8) is 0 Å². The van der Waals surface area contributed by atoms with Gasteiger partial charge in [-0.15, -0.1) is 0 Å². The first-order valence-corrected chi connectivity index (χ1v) is 14.5. The van der Waals surface area contributed by atoms with Gasteiger partial charge in [0.15, 0.2) is 0 Å². The number of nitrogens with zero attached hydrogens (tertiary/aromatic N) is 2. The molecule has 8 nitrogen and oxygen atoms in total. The third-order valence-corrected chi connectivity index (χ3v) is 8.66. The molecule has 0 aliphatic heterocycles. The predicted octanol–water partition coefficient (Wildman–Crippen LogP) is 5.40. The smallest absolute Gasteiger partial charge is 0.264 e. The van der Waals surface area contributed by atoms with E-state index in [1.54, 1.807) is 19.1 Å². The molecule has 1 atom stereocenters. The van der Waals surface area contributed by atoms with E-state index in [1.807, 2.05) is 0 Å². The third kappa shape index (κ3) is 7.36. The van der Waals surface area contributed by atoms with Crippen molar-refractivity contribution in [3.05, 3.63) is 87.4 Å². The largest absolute Gasteiger partial charge is 0.497 e. The van der Waals surface area contributed by atoms with Crippen LogP contribution < -0.4 is 14.4 Å². The monoisotopic (exact) mass is 611 g/mol. The van der Waals surface area contributed by atoms with E-state index in [9.17, 15) is 18.0 Å². The number of ether oxygens (including phenoxy) is 1. The maximum Gasteiger partial charge on any atom is 0.264 e. The number of benzene rings is 3. The zero-order valence-corrected chi connectivity index (χ0v) is 24.6. The Bertz CT molecular complexity index is 1420. The standard InChI is InChI=1S/C27H28Cl3N3O5S/c1-4-25(27(35)31-2)32(16-18-5-6-20(29)15-24(18)30)26(34)17-33(21-9-7-19(28)8-10-21)39(36,37)23-13-11-22(38-3)12-14-23/h5-15,25H,4,16-17H2,1-3H3,(H,31,35)/t25-/m0/s1. The number of hydrogen-bond donors (Lipinski definition) is 1. The van der Waals surface area contributed by atoms with Crippen LogP contribution in [-0.4, -0.2) is 51.9 Å². The van der Waals surface area contributed by atoms with Crippen LogP contribution in [0.15, 0.2) is 71.6 Å². The molecule has 0 bridgehead atoms. The van der Waals surface area contributed by atoms with Crippen molar-refractivity contribution in [1.29, 1.82) is 0 Å². The highest BCUT2D eigenvalue weighted by atomic mass is 35.5. The molecule has 208 valence electrons. The van der Waals surface area contributed by atoms with Gasteiger partial charge in [-0.3, -0.25) is 13.9 Å². The number of hydrogen-bond acceptors (Lipinski definition) is 5. The Hall–Kier alpha value is -2.98. The Morgan fingerprint density at radius 2 is 1.56 bits per heavy atom. The van der Waals surface area contributed by atoms with Gasteiger partial charge in [-0.2, -0.15) is 0 Å². The van der Waals surface area contributed by atoms with E-state index in [0.717, 1.165) is 4.31 Å². The Morgan fingerprint density at radius 3 is 2.10 bits per heavy atom. The molecule has 0 spiro atoms. The van der Waals surface area contributed by atoms with Gasteiger partial charge in [-0.05, 0) is 72.6 Å². The minimum Gasteiger partial charge on any atom is -0.497 e. The van der Waals surface area contributed by atoms with Gasteiger partial charge in [0.1, 0.15) is 18.3 Å². The number of sulfonamides is 1. The molecular formula is C27H28Cl3N3O5S. The van der Waals surface area contributed by atoms with Crippen molar-refractivity contribution in [3.8, 4) is 5.75 Å². The Kier molecular flexibility index (Phi) is 10.5. The number of nitrogens with one attached hydrogen (secondary N) is 1. The fourth-order valence-electron chi connectivity index (χ4n) is 3.93. The van der Waals surface area contributed by atoms with Gasteiger partial charge >= 0.3 is 0 Å². The van der Waals surface area contributed by atoms with Crippen LogP contribution in [0.2, 0.25) is 15.1 Å². The molecule has 3 rings (SSSR count). The molecule has 0 heterocycles. The van der Waals surface area contributed by atoms with Crippen molar-refractivity contribution in [1.82, 2.24) is 10.2 Å². The summed E-state index contributed by atoms with van der Waals surface area (Å²) in [7, 11) is -1.28. The molecule has 3 aromatic carbocycles. The summed E-state index contributed by atoms with van der Waals surface area (Å²) in [6.07, 6.45) is 0.281. The maximum absolute atomic E-state index is 13.9. The van der Waals surface area contributed by atoms with Crippen LogP contribution in [0.25, 0.3) is 0 Å². The predicted molar refractivity (Wildman–Crippen MR) is 154 cm³/mol. The maximum atomic E-state index is 13.9. The lowest BCUT2D eigenvalue weighted by atomic mass is 10.1. The molecule has 0 aromatic heterocycles. The van der Waals surface area contributed by atoms with Crippen LogP contribution in [0.5, 0.6) is 5.75 Å². The van der Waals surface area contributed by atoms with Crippen molar-refractivity contribution < 1.29 is 22.7 Å². The number of carbonyl (C=O) groups is 2.